The van der Waals surface area contributed by atoms with E-state index in [0.717, 1.165) is 10.2 Å². The zero-order valence-electron chi connectivity index (χ0n) is 12.3. The Kier molecular flexibility index (Phi) is 5.79. The maximum Gasteiger partial charge on any atom is 0.254 e. The molecule has 1 amide bonds. The molecule has 0 spiro atoms. The van der Waals surface area contributed by atoms with Crippen molar-refractivity contribution in [2.75, 3.05) is 11.1 Å². The van der Waals surface area contributed by atoms with Gasteiger partial charge in [-0.15, -0.1) is 0 Å². The molecule has 2 aromatic rings. The molecule has 2 rings (SSSR count). The van der Waals surface area contributed by atoms with Crippen molar-refractivity contribution >= 4 is 39.3 Å². The first kappa shape index (κ1) is 16.8. The minimum atomic E-state index is -0.154. The summed E-state index contributed by atoms with van der Waals surface area (Å²) in [5.41, 5.74) is 1.95. The molecule has 0 saturated heterocycles. The van der Waals surface area contributed by atoms with Crippen LogP contribution in [0.15, 0.2) is 38.7 Å². The average Bonchev–Trinajstić information content (AvgIpc) is 2.50. The lowest BCUT2D eigenvalue weighted by Gasteiger charge is -2.08. The molecule has 0 saturated carbocycles. The Labute approximate surface area is 141 Å². The van der Waals surface area contributed by atoms with Crippen molar-refractivity contribution in [2.45, 2.75) is 25.4 Å². The lowest BCUT2D eigenvalue weighted by atomic mass is 10.2. The van der Waals surface area contributed by atoms with Crippen molar-refractivity contribution in [1.29, 1.82) is 0 Å². The second kappa shape index (κ2) is 7.60. The molecule has 0 bridgehead atoms. The highest BCUT2D eigenvalue weighted by molar-refractivity contribution is 9.10. The van der Waals surface area contributed by atoms with Gasteiger partial charge in [-0.05, 0) is 41.4 Å². The lowest BCUT2D eigenvalue weighted by molar-refractivity contribution is -0.113. The number of anilines is 1. The van der Waals surface area contributed by atoms with Gasteiger partial charge < -0.3 is 10.3 Å². The van der Waals surface area contributed by atoms with Gasteiger partial charge in [-0.2, -0.15) is 0 Å². The van der Waals surface area contributed by atoms with Crippen molar-refractivity contribution in [3.05, 3.63) is 50.3 Å². The van der Waals surface area contributed by atoms with Crippen molar-refractivity contribution in [1.82, 2.24) is 9.97 Å². The smallest absolute Gasteiger partial charge is 0.254 e. The van der Waals surface area contributed by atoms with Gasteiger partial charge in [0, 0.05) is 10.0 Å². The Morgan fingerprint density at radius 3 is 2.82 bits per heavy atom. The molecule has 1 aromatic carbocycles. The van der Waals surface area contributed by atoms with Gasteiger partial charge in [-0.25, -0.2) is 4.98 Å². The van der Waals surface area contributed by atoms with Gasteiger partial charge >= 0.3 is 0 Å². The Morgan fingerprint density at radius 2 is 2.14 bits per heavy atom. The molecule has 0 unspecified atom stereocenters. The molecular formula is C15H16BrN3O2S. The van der Waals surface area contributed by atoms with Crippen LogP contribution in [0.2, 0.25) is 0 Å². The standard InChI is InChI=1S/C15H16BrN3O2S/c1-3-11-9(2)14(21)19-15(18-11)22-8-13(20)17-12-7-5-4-6-10(12)16/h4-7H,3,8H2,1-2H3,(H,17,20)(H,18,19,21). The highest BCUT2D eigenvalue weighted by Gasteiger charge is 2.10. The number of amides is 1. The highest BCUT2D eigenvalue weighted by Crippen LogP contribution is 2.22. The van der Waals surface area contributed by atoms with Gasteiger partial charge in [0.25, 0.3) is 5.56 Å². The number of benzene rings is 1. The minimum absolute atomic E-state index is 0.152. The van der Waals surface area contributed by atoms with Gasteiger partial charge in [0.2, 0.25) is 5.91 Å². The monoisotopic (exact) mass is 381 g/mol. The second-order valence-electron chi connectivity index (χ2n) is 4.61. The third-order valence-electron chi connectivity index (χ3n) is 3.05. The van der Waals surface area contributed by atoms with Gasteiger partial charge in [0.05, 0.1) is 17.1 Å². The molecule has 1 aromatic heterocycles. The van der Waals surface area contributed by atoms with Crippen LogP contribution >= 0.6 is 27.7 Å². The second-order valence-corrected chi connectivity index (χ2v) is 6.43. The molecule has 0 radical (unpaired) electrons. The van der Waals surface area contributed by atoms with E-state index < -0.39 is 0 Å². The zero-order valence-corrected chi connectivity index (χ0v) is 14.7. The maximum absolute atomic E-state index is 12.0. The number of nitrogens with one attached hydrogen (secondary N) is 2. The third kappa shape index (κ3) is 4.20. The summed E-state index contributed by atoms with van der Waals surface area (Å²) in [6.45, 7) is 3.70. The Balaban J connectivity index is 2.01. The van der Waals surface area contributed by atoms with E-state index in [1.54, 1.807) is 6.92 Å². The van der Waals surface area contributed by atoms with E-state index in [-0.39, 0.29) is 17.2 Å². The summed E-state index contributed by atoms with van der Waals surface area (Å²) in [7, 11) is 0. The fourth-order valence-electron chi connectivity index (χ4n) is 1.85. The predicted octanol–water partition coefficient (Wildman–Crippen LogP) is 3.13. The molecule has 0 aliphatic heterocycles. The largest absolute Gasteiger partial charge is 0.324 e. The SMILES string of the molecule is CCc1nc(SCC(=O)Nc2ccccc2Br)[nH]c(=O)c1C. The van der Waals surface area contributed by atoms with E-state index in [4.69, 9.17) is 0 Å². The fraction of sp³-hybridized carbons (Fsp3) is 0.267. The lowest BCUT2D eigenvalue weighted by Crippen LogP contribution is -2.18. The molecular weight excluding hydrogens is 366 g/mol. The number of aromatic nitrogens is 2. The number of hydrogen-bond donors (Lipinski definition) is 2. The van der Waals surface area contributed by atoms with Gasteiger partial charge in [0.1, 0.15) is 0 Å². The van der Waals surface area contributed by atoms with Crippen LogP contribution in [0.5, 0.6) is 0 Å². The molecule has 0 aliphatic rings. The summed E-state index contributed by atoms with van der Waals surface area (Å²) < 4.78 is 0.823. The van der Waals surface area contributed by atoms with Crippen LogP contribution in [0, 0.1) is 6.92 Å². The normalized spacial score (nSPS) is 10.5. The van der Waals surface area contributed by atoms with Crippen LogP contribution in [0.3, 0.4) is 0 Å². The first-order chi connectivity index (χ1) is 10.5. The summed E-state index contributed by atoms with van der Waals surface area (Å²) in [4.78, 5) is 30.8. The van der Waals surface area contributed by atoms with Crippen LogP contribution in [0.4, 0.5) is 5.69 Å². The molecule has 0 fully saturated rings. The Hall–Kier alpha value is -1.60. The fourth-order valence-corrected chi connectivity index (χ4v) is 2.92. The summed E-state index contributed by atoms with van der Waals surface area (Å²) in [5, 5.41) is 3.28. The van der Waals surface area contributed by atoms with Crippen LogP contribution in [-0.4, -0.2) is 21.6 Å². The van der Waals surface area contributed by atoms with Crippen molar-refractivity contribution in [3.63, 3.8) is 0 Å². The Morgan fingerprint density at radius 1 is 1.41 bits per heavy atom. The molecule has 0 atom stereocenters. The molecule has 7 heteroatoms. The number of H-pyrrole nitrogens is 1. The van der Waals surface area contributed by atoms with Crippen LogP contribution in [-0.2, 0) is 11.2 Å². The predicted molar refractivity (Wildman–Crippen MR) is 92.5 cm³/mol. The van der Waals surface area contributed by atoms with E-state index in [9.17, 15) is 9.59 Å². The topological polar surface area (TPSA) is 74.8 Å². The quantitative estimate of drug-likeness (QED) is 0.616. The number of para-hydroxylation sites is 1. The third-order valence-corrected chi connectivity index (χ3v) is 4.62. The summed E-state index contributed by atoms with van der Waals surface area (Å²) in [5.74, 6) is 0.0226. The molecule has 22 heavy (non-hydrogen) atoms. The molecule has 0 aliphatic carbocycles. The number of rotatable bonds is 5. The minimum Gasteiger partial charge on any atom is -0.324 e. The molecule has 116 valence electrons. The van der Waals surface area contributed by atoms with Crippen molar-refractivity contribution in [2.24, 2.45) is 0 Å². The van der Waals surface area contributed by atoms with Crippen LogP contribution in [0.1, 0.15) is 18.2 Å². The van der Waals surface area contributed by atoms with Crippen LogP contribution in [0.25, 0.3) is 0 Å². The Bertz CT molecular complexity index is 746. The van der Waals surface area contributed by atoms with Crippen molar-refractivity contribution in [3.8, 4) is 0 Å². The maximum atomic E-state index is 12.0. The number of nitrogens with zero attached hydrogens (tertiary/aromatic N) is 1. The number of halogens is 1. The highest BCUT2D eigenvalue weighted by atomic mass is 79.9. The number of carbonyl (C=O) groups is 1. The molecule has 5 nitrogen and oxygen atoms in total. The number of aromatic amines is 1. The van der Waals surface area contributed by atoms with E-state index in [0.29, 0.717) is 22.8 Å². The van der Waals surface area contributed by atoms with Gasteiger partial charge in [-0.3, -0.25) is 9.59 Å². The van der Waals surface area contributed by atoms with Gasteiger partial charge in [0.15, 0.2) is 5.16 Å². The van der Waals surface area contributed by atoms with Gasteiger partial charge in [-0.1, -0.05) is 30.8 Å². The number of aryl methyl sites for hydroxylation is 1. The molecule has 1 heterocycles. The van der Waals surface area contributed by atoms with E-state index in [2.05, 4.69) is 31.2 Å². The first-order valence-corrected chi connectivity index (χ1v) is 8.56. The summed E-state index contributed by atoms with van der Waals surface area (Å²) >= 11 is 4.59. The number of thioether (sulfide) groups is 1. The van der Waals surface area contributed by atoms with E-state index in [1.165, 1.54) is 11.8 Å². The van der Waals surface area contributed by atoms with Crippen molar-refractivity contribution < 1.29 is 4.79 Å². The average molecular weight is 382 g/mol. The summed E-state index contributed by atoms with van der Waals surface area (Å²) in [6.07, 6.45) is 0.687. The van der Waals surface area contributed by atoms with E-state index in [1.807, 2.05) is 31.2 Å². The molecule has 2 N–H and O–H groups in total. The number of carbonyl (C=O) groups excluding carboxylic acids is 1. The summed E-state index contributed by atoms with van der Waals surface area (Å²) in [6, 6.07) is 7.39. The first-order valence-electron chi connectivity index (χ1n) is 6.78. The van der Waals surface area contributed by atoms with E-state index >= 15 is 0 Å². The zero-order chi connectivity index (χ0) is 16.1. The van der Waals surface area contributed by atoms with Crippen LogP contribution < -0.4 is 10.9 Å². The number of hydrogen-bond acceptors (Lipinski definition) is 4.